The number of aromatic nitrogens is 1. The summed E-state index contributed by atoms with van der Waals surface area (Å²) in [6.45, 7) is 0. The van der Waals surface area contributed by atoms with Gasteiger partial charge in [0, 0.05) is 11.5 Å². The van der Waals surface area contributed by atoms with Crippen molar-refractivity contribution < 1.29 is 9.53 Å². The molecule has 0 radical (unpaired) electrons. The van der Waals surface area contributed by atoms with E-state index < -0.39 is 0 Å². The third-order valence-corrected chi connectivity index (χ3v) is 1.97. The molecule has 1 aromatic rings. The monoisotopic (exact) mass is 217 g/mol. The van der Waals surface area contributed by atoms with Gasteiger partial charge in [0.25, 0.3) is 0 Å². The number of halogens is 1. The van der Waals surface area contributed by atoms with Gasteiger partial charge in [-0.05, 0) is 11.6 Å². The minimum Gasteiger partial charge on any atom is -0.464 e. The van der Waals surface area contributed by atoms with Crippen LogP contribution in [-0.2, 0) is 10.1 Å². The Hall–Kier alpha value is -0.770. The van der Waals surface area contributed by atoms with Gasteiger partial charge in [0.1, 0.15) is 5.69 Å². The van der Waals surface area contributed by atoms with E-state index in [0.717, 1.165) is 5.56 Å². The summed E-state index contributed by atoms with van der Waals surface area (Å²) in [4.78, 5) is 13.8. The third kappa shape index (κ3) is 1.63. The molecule has 0 fully saturated rings. The third-order valence-electron chi connectivity index (χ3n) is 1.37. The number of nitrogens with one attached hydrogen (secondary N) is 1. The molecule has 0 amide bonds. The molecule has 1 rings (SSSR count). The molecule has 1 aromatic heterocycles. The highest BCUT2D eigenvalue weighted by Gasteiger charge is 2.10. The summed E-state index contributed by atoms with van der Waals surface area (Å²) in [5.74, 6) is -0.329. The number of methoxy groups -OCH3 is 1. The number of hydrogen-bond donors (Lipinski definition) is 1. The van der Waals surface area contributed by atoms with Crippen LogP contribution in [0.1, 0.15) is 16.1 Å². The van der Waals surface area contributed by atoms with Crippen LogP contribution in [0.4, 0.5) is 0 Å². The van der Waals surface area contributed by atoms with E-state index in [1.165, 1.54) is 7.11 Å². The van der Waals surface area contributed by atoms with Crippen molar-refractivity contribution in [2.75, 3.05) is 7.11 Å². The van der Waals surface area contributed by atoms with Gasteiger partial charge in [-0.2, -0.15) is 0 Å². The maximum absolute atomic E-state index is 11.0. The first-order chi connectivity index (χ1) is 5.29. The molecule has 0 aromatic carbocycles. The van der Waals surface area contributed by atoms with Gasteiger partial charge < -0.3 is 9.72 Å². The van der Waals surface area contributed by atoms with E-state index >= 15 is 0 Å². The second-order valence-electron chi connectivity index (χ2n) is 2.00. The molecule has 11 heavy (non-hydrogen) atoms. The minimum absolute atomic E-state index is 0.329. The van der Waals surface area contributed by atoms with E-state index in [1.54, 1.807) is 6.20 Å². The maximum atomic E-state index is 11.0. The van der Waals surface area contributed by atoms with Crippen LogP contribution in [0.15, 0.2) is 12.3 Å². The zero-order valence-corrected chi connectivity index (χ0v) is 7.64. The number of aromatic amines is 1. The second-order valence-corrected chi connectivity index (χ2v) is 2.56. The molecular formula is C7H8BrNO2. The molecule has 0 aliphatic carbocycles. The number of carbonyl (C=O) groups excluding carboxylic acids is 1. The molecule has 0 saturated carbocycles. The van der Waals surface area contributed by atoms with Crippen LogP contribution in [0, 0.1) is 0 Å². The number of rotatable bonds is 2. The molecule has 0 unspecified atom stereocenters. The van der Waals surface area contributed by atoms with Crippen LogP contribution in [-0.4, -0.2) is 18.1 Å². The zero-order valence-electron chi connectivity index (χ0n) is 6.06. The van der Waals surface area contributed by atoms with E-state index in [2.05, 4.69) is 25.7 Å². The van der Waals surface area contributed by atoms with E-state index in [0.29, 0.717) is 11.0 Å². The molecule has 0 aliphatic heterocycles. The Labute approximate surface area is 72.9 Å². The molecule has 3 nitrogen and oxygen atoms in total. The van der Waals surface area contributed by atoms with Gasteiger partial charge in [-0.15, -0.1) is 0 Å². The Balaban J connectivity index is 2.92. The fraction of sp³-hybridized carbons (Fsp3) is 0.286. The maximum Gasteiger partial charge on any atom is 0.354 e. The first-order valence-electron chi connectivity index (χ1n) is 3.10. The van der Waals surface area contributed by atoms with Crippen LogP contribution in [0.3, 0.4) is 0 Å². The van der Waals surface area contributed by atoms with Crippen molar-refractivity contribution in [2.45, 2.75) is 5.33 Å². The zero-order chi connectivity index (χ0) is 8.27. The normalized spacial score (nSPS) is 9.64. The van der Waals surface area contributed by atoms with Gasteiger partial charge in [-0.25, -0.2) is 4.79 Å². The number of carbonyl (C=O) groups is 1. The van der Waals surface area contributed by atoms with E-state index in [4.69, 9.17) is 0 Å². The van der Waals surface area contributed by atoms with Crippen molar-refractivity contribution in [2.24, 2.45) is 0 Å². The molecule has 4 heteroatoms. The number of hydrogen-bond acceptors (Lipinski definition) is 2. The topological polar surface area (TPSA) is 42.1 Å². The van der Waals surface area contributed by atoms with Gasteiger partial charge in [-0.3, -0.25) is 0 Å². The average Bonchev–Trinajstić information content (AvgIpc) is 2.50. The number of alkyl halides is 1. The molecule has 60 valence electrons. The predicted molar refractivity (Wildman–Crippen MR) is 44.8 cm³/mol. The van der Waals surface area contributed by atoms with Gasteiger partial charge >= 0.3 is 5.97 Å². The van der Waals surface area contributed by atoms with Crippen LogP contribution in [0.25, 0.3) is 0 Å². The molecule has 0 atom stereocenters. The lowest BCUT2D eigenvalue weighted by atomic mass is 10.3. The summed E-state index contributed by atoms with van der Waals surface area (Å²) in [6, 6.07) is 1.83. The first-order valence-corrected chi connectivity index (χ1v) is 4.22. The van der Waals surface area contributed by atoms with Crippen LogP contribution >= 0.6 is 15.9 Å². The van der Waals surface area contributed by atoms with Crippen molar-refractivity contribution in [1.29, 1.82) is 0 Å². The van der Waals surface area contributed by atoms with Gasteiger partial charge in [0.15, 0.2) is 0 Å². The lowest BCUT2D eigenvalue weighted by Gasteiger charge is -1.97. The Morgan fingerprint density at radius 3 is 3.09 bits per heavy atom. The van der Waals surface area contributed by atoms with Crippen molar-refractivity contribution in [3.05, 3.63) is 23.5 Å². The Bertz CT molecular complexity index is 257. The first kappa shape index (κ1) is 8.33. The summed E-state index contributed by atoms with van der Waals surface area (Å²) < 4.78 is 4.55. The van der Waals surface area contributed by atoms with E-state index in [9.17, 15) is 4.79 Å². The molecule has 0 bridgehead atoms. The van der Waals surface area contributed by atoms with Crippen molar-refractivity contribution >= 4 is 21.9 Å². The highest BCUT2D eigenvalue weighted by Crippen LogP contribution is 2.11. The predicted octanol–water partition coefficient (Wildman–Crippen LogP) is 1.70. The quantitative estimate of drug-likeness (QED) is 0.606. The van der Waals surface area contributed by atoms with Gasteiger partial charge in [0.2, 0.25) is 0 Å². The fourth-order valence-corrected chi connectivity index (χ4v) is 1.27. The van der Waals surface area contributed by atoms with Gasteiger partial charge in [0.05, 0.1) is 7.11 Å². The Morgan fingerprint density at radius 1 is 1.82 bits per heavy atom. The molecule has 0 saturated heterocycles. The smallest absolute Gasteiger partial charge is 0.354 e. The lowest BCUT2D eigenvalue weighted by Crippen LogP contribution is -2.03. The molecule has 1 heterocycles. The summed E-state index contributed by atoms with van der Waals surface area (Å²) in [5, 5.41) is 0.654. The fourth-order valence-electron chi connectivity index (χ4n) is 0.805. The highest BCUT2D eigenvalue weighted by molar-refractivity contribution is 9.08. The largest absolute Gasteiger partial charge is 0.464 e. The molecular weight excluding hydrogens is 210 g/mol. The summed E-state index contributed by atoms with van der Waals surface area (Å²) >= 11 is 3.26. The second kappa shape index (κ2) is 3.57. The summed E-state index contributed by atoms with van der Waals surface area (Å²) in [5.41, 5.74) is 1.43. The minimum atomic E-state index is -0.329. The Morgan fingerprint density at radius 2 is 2.55 bits per heavy atom. The van der Waals surface area contributed by atoms with E-state index in [-0.39, 0.29) is 5.97 Å². The van der Waals surface area contributed by atoms with Crippen LogP contribution < -0.4 is 0 Å². The van der Waals surface area contributed by atoms with Crippen molar-refractivity contribution in [1.82, 2.24) is 4.98 Å². The van der Waals surface area contributed by atoms with Crippen LogP contribution in [0.2, 0.25) is 0 Å². The summed E-state index contributed by atoms with van der Waals surface area (Å²) in [7, 11) is 1.36. The number of ether oxygens (including phenoxy) is 1. The molecule has 0 aliphatic rings. The summed E-state index contributed by atoms with van der Waals surface area (Å²) in [6.07, 6.45) is 1.71. The average molecular weight is 218 g/mol. The number of H-pyrrole nitrogens is 1. The van der Waals surface area contributed by atoms with E-state index in [1.807, 2.05) is 6.07 Å². The standard InChI is InChI=1S/C7H8BrNO2/c1-11-7(10)6-5(4-8)2-3-9-6/h2-3,9H,4H2,1H3. The van der Waals surface area contributed by atoms with Crippen LogP contribution in [0.5, 0.6) is 0 Å². The SMILES string of the molecule is COC(=O)c1[nH]ccc1CBr. The number of esters is 1. The molecule has 0 spiro atoms. The highest BCUT2D eigenvalue weighted by atomic mass is 79.9. The van der Waals surface area contributed by atoms with Crippen molar-refractivity contribution in [3.8, 4) is 0 Å². The molecule has 1 N–H and O–H groups in total. The van der Waals surface area contributed by atoms with Gasteiger partial charge in [-0.1, -0.05) is 15.9 Å². The lowest BCUT2D eigenvalue weighted by molar-refractivity contribution is 0.0594. The van der Waals surface area contributed by atoms with Crippen molar-refractivity contribution in [3.63, 3.8) is 0 Å². The Kier molecular flexibility index (Phi) is 2.70.